The number of ether oxygens (including phenoxy) is 2. The fourth-order valence-corrected chi connectivity index (χ4v) is 3.22. The van der Waals surface area contributed by atoms with Gasteiger partial charge in [0.2, 0.25) is 0 Å². The lowest BCUT2D eigenvalue weighted by Gasteiger charge is -2.25. The first-order valence-electron chi connectivity index (χ1n) is 8.63. The summed E-state index contributed by atoms with van der Waals surface area (Å²) in [6, 6.07) is 5.16. The number of hydrogen-bond donors (Lipinski definition) is 2. The van der Waals surface area contributed by atoms with Crippen LogP contribution in [-0.4, -0.2) is 37.6 Å². The first kappa shape index (κ1) is 19.8. The lowest BCUT2D eigenvalue weighted by atomic mass is 9.95. The van der Waals surface area contributed by atoms with E-state index in [-0.39, 0.29) is 30.1 Å². The van der Waals surface area contributed by atoms with E-state index >= 15 is 0 Å². The van der Waals surface area contributed by atoms with Crippen LogP contribution in [0.25, 0.3) is 0 Å². The lowest BCUT2D eigenvalue weighted by Crippen LogP contribution is -2.36. The molecule has 7 heteroatoms. The van der Waals surface area contributed by atoms with Crippen LogP contribution in [0.15, 0.2) is 18.2 Å². The molecule has 2 unspecified atom stereocenters. The first-order chi connectivity index (χ1) is 11.9. The van der Waals surface area contributed by atoms with Gasteiger partial charge in [-0.05, 0) is 36.5 Å². The van der Waals surface area contributed by atoms with Gasteiger partial charge < -0.3 is 19.9 Å². The largest absolute Gasteiger partial charge is 0.493 e. The van der Waals surface area contributed by atoms with E-state index in [0.717, 1.165) is 31.2 Å². The van der Waals surface area contributed by atoms with Gasteiger partial charge in [-0.1, -0.05) is 25.3 Å². The van der Waals surface area contributed by atoms with Gasteiger partial charge in [0.15, 0.2) is 18.1 Å². The number of hydrogen-bond acceptors (Lipinski definition) is 4. The normalized spacial score (nSPS) is 21.6. The molecule has 1 aromatic rings. The number of aliphatic hydroxyl groups excluding tert-OH is 1. The Balaban J connectivity index is 1.97. The molecule has 1 aromatic carbocycles. The van der Waals surface area contributed by atoms with Gasteiger partial charge in [-0.3, -0.25) is 0 Å². The molecule has 142 valence electrons. The highest BCUT2D eigenvalue weighted by molar-refractivity contribution is 5.43. The molecule has 1 aliphatic rings. The molecule has 0 radical (unpaired) electrons. The SMILES string of the molecule is COc1cc(CNC2CCCCCC2CO)ccc1OCC(F)(F)F. The molecule has 0 aliphatic heterocycles. The maximum atomic E-state index is 12.3. The number of aliphatic hydroxyl groups is 1. The number of nitrogens with one attached hydrogen (secondary N) is 1. The standard InChI is InChI=1S/C18H26F3NO3/c1-24-17-9-13(7-8-16(17)25-12-18(19,20)21)10-22-15-6-4-2-3-5-14(15)11-23/h7-9,14-15,22-23H,2-6,10-12H2,1H3. The summed E-state index contributed by atoms with van der Waals surface area (Å²) in [6.45, 7) is -0.608. The Bertz CT molecular complexity index is 537. The molecular weight excluding hydrogens is 335 g/mol. The molecule has 1 saturated carbocycles. The predicted molar refractivity (Wildman–Crippen MR) is 88.8 cm³/mol. The third kappa shape index (κ3) is 6.40. The second-order valence-corrected chi connectivity index (χ2v) is 6.46. The van der Waals surface area contributed by atoms with Crippen molar-refractivity contribution in [3.8, 4) is 11.5 Å². The van der Waals surface area contributed by atoms with Gasteiger partial charge in [-0.25, -0.2) is 0 Å². The maximum absolute atomic E-state index is 12.3. The monoisotopic (exact) mass is 361 g/mol. The van der Waals surface area contributed by atoms with Crippen molar-refractivity contribution < 1.29 is 27.8 Å². The zero-order valence-electron chi connectivity index (χ0n) is 14.4. The van der Waals surface area contributed by atoms with E-state index in [4.69, 9.17) is 9.47 Å². The minimum Gasteiger partial charge on any atom is -0.493 e. The first-order valence-corrected chi connectivity index (χ1v) is 8.63. The average molecular weight is 361 g/mol. The Morgan fingerprint density at radius 1 is 1.16 bits per heavy atom. The molecule has 4 nitrogen and oxygen atoms in total. The molecule has 2 rings (SSSR count). The van der Waals surface area contributed by atoms with Gasteiger partial charge in [0, 0.05) is 19.2 Å². The van der Waals surface area contributed by atoms with E-state index in [1.54, 1.807) is 12.1 Å². The smallest absolute Gasteiger partial charge is 0.422 e. The van der Waals surface area contributed by atoms with Gasteiger partial charge in [0.05, 0.1) is 7.11 Å². The van der Waals surface area contributed by atoms with Crippen molar-refractivity contribution in [3.63, 3.8) is 0 Å². The van der Waals surface area contributed by atoms with Gasteiger partial charge in [-0.2, -0.15) is 13.2 Å². The number of rotatable bonds is 7. The lowest BCUT2D eigenvalue weighted by molar-refractivity contribution is -0.153. The number of alkyl halides is 3. The van der Waals surface area contributed by atoms with Crippen LogP contribution in [0.3, 0.4) is 0 Å². The maximum Gasteiger partial charge on any atom is 0.422 e. The highest BCUT2D eigenvalue weighted by atomic mass is 19.4. The van der Waals surface area contributed by atoms with Crippen LogP contribution in [-0.2, 0) is 6.54 Å². The third-order valence-electron chi connectivity index (χ3n) is 4.58. The molecule has 25 heavy (non-hydrogen) atoms. The molecule has 1 aliphatic carbocycles. The van der Waals surface area contributed by atoms with Crippen LogP contribution < -0.4 is 14.8 Å². The molecule has 0 amide bonds. The average Bonchev–Trinajstić information content (AvgIpc) is 2.82. The topological polar surface area (TPSA) is 50.7 Å². The fraction of sp³-hybridized carbons (Fsp3) is 0.667. The number of halogens is 3. The summed E-state index contributed by atoms with van der Waals surface area (Å²) in [5, 5.41) is 13.0. The zero-order valence-corrected chi connectivity index (χ0v) is 14.4. The highest BCUT2D eigenvalue weighted by Gasteiger charge is 2.29. The van der Waals surface area contributed by atoms with Crippen LogP contribution in [0.5, 0.6) is 11.5 Å². The molecule has 1 fully saturated rings. The molecule has 2 atom stereocenters. The van der Waals surface area contributed by atoms with E-state index in [2.05, 4.69) is 5.32 Å². The second kappa shape index (κ2) is 9.29. The van der Waals surface area contributed by atoms with Gasteiger partial charge in [0.1, 0.15) is 0 Å². The van der Waals surface area contributed by atoms with Crippen LogP contribution in [0.4, 0.5) is 13.2 Å². The van der Waals surface area contributed by atoms with Crippen LogP contribution in [0.2, 0.25) is 0 Å². The quantitative estimate of drug-likeness (QED) is 0.728. The van der Waals surface area contributed by atoms with Gasteiger partial charge in [0.25, 0.3) is 0 Å². The number of methoxy groups -OCH3 is 1. The molecule has 2 N–H and O–H groups in total. The van der Waals surface area contributed by atoms with E-state index in [1.165, 1.54) is 19.6 Å². The summed E-state index contributed by atoms with van der Waals surface area (Å²) in [5.74, 6) is 0.605. The molecule has 0 aromatic heterocycles. The van der Waals surface area contributed by atoms with Crippen molar-refractivity contribution >= 4 is 0 Å². The summed E-state index contributed by atoms with van der Waals surface area (Å²) < 4.78 is 46.8. The molecular formula is C18H26F3NO3. The molecule has 0 bridgehead atoms. The fourth-order valence-electron chi connectivity index (χ4n) is 3.22. The van der Waals surface area contributed by atoms with Gasteiger partial charge in [-0.15, -0.1) is 0 Å². The van der Waals surface area contributed by atoms with Crippen LogP contribution in [0, 0.1) is 5.92 Å². The molecule has 0 spiro atoms. The zero-order chi connectivity index (χ0) is 18.3. The van der Waals surface area contributed by atoms with Gasteiger partial charge >= 0.3 is 6.18 Å². The van der Waals surface area contributed by atoms with Crippen molar-refractivity contribution in [2.45, 2.75) is 50.9 Å². The van der Waals surface area contributed by atoms with E-state index < -0.39 is 12.8 Å². The highest BCUT2D eigenvalue weighted by Crippen LogP contribution is 2.30. The van der Waals surface area contributed by atoms with E-state index in [9.17, 15) is 18.3 Å². The van der Waals surface area contributed by atoms with Crippen molar-refractivity contribution in [1.82, 2.24) is 5.32 Å². The van der Waals surface area contributed by atoms with Crippen LogP contribution >= 0.6 is 0 Å². The summed E-state index contributed by atoms with van der Waals surface area (Å²) >= 11 is 0. The minimum absolute atomic E-state index is 0.0753. The Morgan fingerprint density at radius 3 is 2.60 bits per heavy atom. The summed E-state index contributed by atoms with van der Waals surface area (Å²) in [7, 11) is 1.40. The van der Waals surface area contributed by atoms with Crippen molar-refractivity contribution in [1.29, 1.82) is 0 Å². The van der Waals surface area contributed by atoms with Crippen molar-refractivity contribution in [2.24, 2.45) is 5.92 Å². The second-order valence-electron chi connectivity index (χ2n) is 6.46. The van der Waals surface area contributed by atoms with E-state index in [0.29, 0.717) is 6.54 Å². The predicted octanol–water partition coefficient (Wildman–Crippen LogP) is 3.67. The Morgan fingerprint density at radius 2 is 1.92 bits per heavy atom. The van der Waals surface area contributed by atoms with Crippen molar-refractivity contribution in [2.75, 3.05) is 20.3 Å². The van der Waals surface area contributed by atoms with Crippen molar-refractivity contribution in [3.05, 3.63) is 23.8 Å². The molecule has 0 saturated heterocycles. The Kier molecular flexibility index (Phi) is 7.38. The number of benzene rings is 1. The summed E-state index contributed by atoms with van der Waals surface area (Å²) in [4.78, 5) is 0. The summed E-state index contributed by atoms with van der Waals surface area (Å²) in [5.41, 5.74) is 0.900. The Labute approximate surface area is 146 Å². The minimum atomic E-state index is -4.38. The summed E-state index contributed by atoms with van der Waals surface area (Å²) in [6.07, 6.45) is 1.12. The van der Waals surface area contributed by atoms with E-state index in [1.807, 2.05) is 0 Å². The Hall–Kier alpha value is -1.47. The van der Waals surface area contributed by atoms with Crippen LogP contribution in [0.1, 0.15) is 37.7 Å². The third-order valence-corrected chi connectivity index (χ3v) is 4.58. The molecule has 0 heterocycles.